The molecular weight excluding hydrogens is 376 g/mol. The minimum atomic E-state index is -0.390. The molecule has 3 aromatic rings. The Labute approximate surface area is 175 Å². The molecule has 1 N–H and O–H groups in total. The summed E-state index contributed by atoms with van der Waals surface area (Å²) in [7, 11) is 1.34. The lowest BCUT2D eigenvalue weighted by Crippen LogP contribution is -2.25. The average Bonchev–Trinajstić information content (AvgIpc) is 3.57. The van der Waals surface area contributed by atoms with Crippen LogP contribution in [-0.2, 0) is 14.9 Å². The van der Waals surface area contributed by atoms with Crippen LogP contribution >= 0.6 is 0 Å². The van der Waals surface area contributed by atoms with E-state index in [2.05, 4.69) is 39.5 Å². The molecule has 1 amide bonds. The molecule has 30 heavy (non-hydrogen) atoms. The van der Waals surface area contributed by atoms with Crippen molar-refractivity contribution in [3.05, 3.63) is 107 Å². The molecule has 1 atom stereocenters. The quantitative estimate of drug-likeness (QED) is 0.389. The van der Waals surface area contributed by atoms with Crippen molar-refractivity contribution >= 4 is 18.1 Å². The van der Waals surface area contributed by atoms with Gasteiger partial charge in [-0.1, -0.05) is 72.8 Å². The maximum atomic E-state index is 12.9. The van der Waals surface area contributed by atoms with Gasteiger partial charge >= 0.3 is 5.97 Å². The Morgan fingerprint density at radius 3 is 2.03 bits per heavy atom. The topological polar surface area (TPSA) is 67.8 Å². The number of hydrogen-bond acceptors (Lipinski definition) is 4. The minimum absolute atomic E-state index is 0.106. The van der Waals surface area contributed by atoms with Crippen LogP contribution in [0, 0.1) is 5.92 Å². The molecule has 0 radical (unpaired) electrons. The zero-order valence-corrected chi connectivity index (χ0v) is 16.6. The minimum Gasteiger partial charge on any atom is -0.465 e. The smallest absolute Gasteiger partial charge is 0.337 e. The van der Waals surface area contributed by atoms with Crippen molar-refractivity contribution in [2.45, 2.75) is 11.8 Å². The Morgan fingerprint density at radius 1 is 0.933 bits per heavy atom. The highest BCUT2D eigenvalue weighted by Crippen LogP contribution is 2.58. The van der Waals surface area contributed by atoms with Crippen molar-refractivity contribution in [3.63, 3.8) is 0 Å². The third-order valence-electron chi connectivity index (χ3n) is 5.58. The zero-order chi connectivity index (χ0) is 21.0. The van der Waals surface area contributed by atoms with Crippen LogP contribution in [0.4, 0.5) is 0 Å². The first kappa shape index (κ1) is 19.6. The molecule has 0 heterocycles. The van der Waals surface area contributed by atoms with Gasteiger partial charge in [0, 0.05) is 5.41 Å². The van der Waals surface area contributed by atoms with E-state index >= 15 is 0 Å². The first-order valence-corrected chi connectivity index (χ1v) is 9.77. The number of benzene rings is 3. The van der Waals surface area contributed by atoms with Gasteiger partial charge in [0.1, 0.15) is 0 Å². The van der Waals surface area contributed by atoms with Crippen LogP contribution in [0.15, 0.2) is 90.0 Å². The zero-order valence-electron chi connectivity index (χ0n) is 16.6. The highest BCUT2D eigenvalue weighted by atomic mass is 16.5. The molecule has 3 aromatic carbocycles. The molecule has 1 saturated carbocycles. The van der Waals surface area contributed by atoms with Gasteiger partial charge in [0.05, 0.1) is 24.8 Å². The summed E-state index contributed by atoms with van der Waals surface area (Å²) in [6, 6.07) is 27.1. The Bertz CT molecular complexity index is 1020. The molecule has 1 fully saturated rings. The van der Waals surface area contributed by atoms with Crippen LogP contribution < -0.4 is 5.43 Å². The van der Waals surface area contributed by atoms with E-state index in [-0.39, 0.29) is 17.2 Å². The molecule has 0 spiro atoms. The predicted octanol–water partition coefficient (Wildman–Crippen LogP) is 3.93. The predicted molar refractivity (Wildman–Crippen MR) is 115 cm³/mol. The molecule has 0 bridgehead atoms. The Hall–Kier alpha value is -3.73. The summed E-state index contributed by atoms with van der Waals surface area (Å²) in [4.78, 5) is 24.3. The Kier molecular flexibility index (Phi) is 5.44. The summed E-state index contributed by atoms with van der Waals surface area (Å²) >= 11 is 0. The number of nitrogens with one attached hydrogen (secondary N) is 1. The fourth-order valence-corrected chi connectivity index (χ4v) is 3.93. The number of esters is 1. The lowest BCUT2D eigenvalue weighted by atomic mass is 9.85. The van der Waals surface area contributed by atoms with E-state index in [0.29, 0.717) is 5.56 Å². The van der Waals surface area contributed by atoms with Crippen LogP contribution in [0.3, 0.4) is 0 Å². The maximum Gasteiger partial charge on any atom is 0.337 e. The van der Waals surface area contributed by atoms with Crippen LogP contribution in [-0.4, -0.2) is 25.2 Å². The number of carbonyl (C=O) groups excluding carboxylic acids is 2. The van der Waals surface area contributed by atoms with E-state index in [1.165, 1.54) is 7.11 Å². The van der Waals surface area contributed by atoms with Gasteiger partial charge in [-0.3, -0.25) is 4.79 Å². The molecule has 0 saturated heterocycles. The third kappa shape index (κ3) is 3.74. The number of methoxy groups -OCH3 is 1. The molecule has 0 aromatic heterocycles. The van der Waals surface area contributed by atoms with E-state index in [1.807, 2.05) is 36.4 Å². The van der Waals surface area contributed by atoms with E-state index < -0.39 is 5.97 Å². The molecule has 0 aliphatic heterocycles. The monoisotopic (exact) mass is 398 g/mol. The maximum absolute atomic E-state index is 12.9. The van der Waals surface area contributed by atoms with Crippen LogP contribution in [0.25, 0.3) is 0 Å². The van der Waals surface area contributed by atoms with Crippen molar-refractivity contribution in [2.75, 3.05) is 7.11 Å². The van der Waals surface area contributed by atoms with Crippen molar-refractivity contribution in [2.24, 2.45) is 11.0 Å². The van der Waals surface area contributed by atoms with Gasteiger partial charge in [0.25, 0.3) is 0 Å². The van der Waals surface area contributed by atoms with Gasteiger partial charge < -0.3 is 4.74 Å². The number of nitrogens with zero attached hydrogens (tertiary/aromatic N) is 1. The number of amides is 1. The number of hydrogen-bond donors (Lipinski definition) is 1. The molecule has 150 valence electrons. The third-order valence-corrected chi connectivity index (χ3v) is 5.58. The summed E-state index contributed by atoms with van der Waals surface area (Å²) in [5.41, 5.74) is 5.87. The highest BCUT2D eigenvalue weighted by molar-refractivity contribution is 5.91. The van der Waals surface area contributed by atoms with E-state index in [0.717, 1.165) is 23.1 Å². The molecule has 4 rings (SSSR count). The van der Waals surface area contributed by atoms with Gasteiger partial charge in [-0.15, -0.1) is 0 Å². The summed E-state index contributed by atoms with van der Waals surface area (Å²) in [5.74, 6) is -0.676. The first-order chi connectivity index (χ1) is 14.6. The normalized spacial score (nSPS) is 16.8. The first-order valence-electron chi connectivity index (χ1n) is 9.77. The number of carbonyl (C=O) groups is 2. The molecule has 5 nitrogen and oxygen atoms in total. The van der Waals surface area contributed by atoms with Gasteiger partial charge in [-0.25, -0.2) is 10.2 Å². The molecule has 5 heteroatoms. The molecule has 1 unspecified atom stereocenters. The largest absolute Gasteiger partial charge is 0.465 e. The average molecular weight is 398 g/mol. The number of rotatable bonds is 6. The second-order valence-electron chi connectivity index (χ2n) is 7.31. The second kappa shape index (κ2) is 8.33. The van der Waals surface area contributed by atoms with Crippen molar-refractivity contribution in [3.8, 4) is 0 Å². The van der Waals surface area contributed by atoms with Crippen molar-refractivity contribution < 1.29 is 14.3 Å². The lowest BCUT2D eigenvalue weighted by Gasteiger charge is -2.18. The highest BCUT2D eigenvalue weighted by Gasteiger charge is 2.60. The standard InChI is InChI=1S/C25H22N2O3/c1-30-24(29)19-14-12-18(13-15-19)17-26-27-23(28)22-16-25(22,20-8-4-2-5-9-20)21-10-6-3-7-11-21/h2-15,17,22H,16H2,1H3,(H,27,28)/b26-17+. The van der Waals surface area contributed by atoms with Crippen molar-refractivity contribution in [1.82, 2.24) is 5.43 Å². The second-order valence-corrected chi connectivity index (χ2v) is 7.31. The summed E-state index contributed by atoms with van der Waals surface area (Å²) < 4.78 is 4.68. The molecular formula is C25H22N2O3. The van der Waals surface area contributed by atoms with Gasteiger partial charge in [-0.05, 0) is 35.2 Å². The summed E-state index contributed by atoms with van der Waals surface area (Å²) in [5, 5.41) is 4.11. The Morgan fingerprint density at radius 2 is 1.50 bits per heavy atom. The molecule has 1 aliphatic rings. The summed E-state index contributed by atoms with van der Waals surface area (Å²) in [6.45, 7) is 0. The fourth-order valence-electron chi connectivity index (χ4n) is 3.93. The van der Waals surface area contributed by atoms with E-state index in [9.17, 15) is 9.59 Å². The van der Waals surface area contributed by atoms with Crippen LogP contribution in [0.5, 0.6) is 0 Å². The van der Waals surface area contributed by atoms with E-state index in [4.69, 9.17) is 0 Å². The Balaban J connectivity index is 1.47. The molecule has 1 aliphatic carbocycles. The fraction of sp³-hybridized carbons (Fsp3) is 0.160. The summed E-state index contributed by atoms with van der Waals surface area (Å²) in [6.07, 6.45) is 2.31. The van der Waals surface area contributed by atoms with E-state index in [1.54, 1.807) is 30.5 Å². The SMILES string of the molecule is COC(=O)c1ccc(/C=N/NC(=O)C2CC2(c2ccccc2)c2ccccc2)cc1. The van der Waals surface area contributed by atoms with Gasteiger partial charge in [0.15, 0.2) is 0 Å². The van der Waals surface area contributed by atoms with Gasteiger partial charge in [0.2, 0.25) is 5.91 Å². The lowest BCUT2D eigenvalue weighted by molar-refractivity contribution is -0.122. The number of ether oxygens (including phenoxy) is 1. The number of hydrazone groups is 1. The van der Waals surface area contributed by atoms with Crippen molar-refractivity contribution in [1.29, 1.82) is 0 Å². The van der Waals surface area contributed by atoms with Crippen LogP contribution in [0.2, 0.25) is 0 Å². The van der Waals surface area contributed by atoms with Crippen LogP contribution in [0.1, 0.15) is 33.5 Å². The van der Waals surface area contributed by atoms with Gasteiger partial charge in [-0.2, -0.15) is 5.10 Å².